The number of hydrogen-bond donors (Lipinski definition) is 0. The molecule has 1 spiro atoms. The van der Waals surface area contributed by atoms with Crippen molar-refractivity contribution >= 4 is 5.91 Å². The first-order valence-electron chi connectivity index (χ1n) is 8.66. The average Bonchev–Trinajstić information content (AvgIpc) is 3.05. The van der Waals surface area contributed by atoms with Crippen molar-refractivity contribution in [2.45, 2.75) is 31.8 Å². The van der Waals surface area contributed by atoms with Gasteiger partial charge in [0.1, 0.15) is 0 Å². The summed E-state index contributed by atoms with van der Waals surface area (Å²) in [4.78, 5) is 19.9. The molecule has 2 aliphatic rings. The maximum absolute atomic E-state index is 12.9. The van der Waals surface area contributed by atoms with Crippen LogP contribution in [0.2, 0.25) is 0 Å². The fourth-order valence-corrected chi connectivity index (χ4v) is 3.90. The molecule has 1 amide bonds. The second-order valence-electron chi connectivity index (χ2n) is 7.34. The van der Waals surface area contributed by atoms with Crippen LogP contribution in [0.5, 0.6) is 0 Å². The molecule has 6 nitrogen and oxygen atoms in total. The summed E-state index contributed by atoms with van der Waals surface area (Å²) >= 11 is 0. The van der Waals surface area contributed by atoms with E-state index in [1.165, 1.54) is 0 Å². The Hall–Kier alpha value is -1.40. The van der Waals surface area contributed by atoms with Crippen molar-refractivity contribution in [1.29, 1.82) is 0 Å². The van der Waals surface area contributed by atoms with E-state index < -0.39 is 0 Å². The summed E-state index contributed by atoms with van der Waals surface area (Å²) in [5.41, 5.74) is 0.172. The van der Waals surface area contributed by atoms with E-state index in [2.05, 4.69) is 33.9 Å². The summed E-state index contributed by atoms with van der Waals surface area (Å²) in [6, 6.07) is 1.90. The highest BCUT2D eigenvalue weighted by Crippen LogP contribution is 2.31. The molecule has 128 valence electrons. The summed E-state index contributed by atoms with van der Waals surface area (Å²) in [5, 5.41) is 4.22. The Morgan fingerprint density at radius 3 is 2.61 bits per heavy atom. The molecule has 0 saturated carbocycles. The molecule has 6 heteroatoms. The lowest BCUT2D eigenvalue weighted by atomic mass is 9.83. The van der Waals surface area contributed by atoms with E-state index in [9.17, 15) is 4.79 Å². The van der Waals surface area contributed by atoms with E-state index in [4.69, 9.17) is 0 Å². The Morgan fingerprint density at radius 2 is 1.96 bits per heavy atom. The van der Waals surface area contributed by atoms with Crippen LogP contribution in [0.4, 0.5) is 0 Å². The molecule has 1 atom stereocenters. The number of amides is 1. The SMILES string of the molecule is C[C@@H](Cn1cccn1)C(=O)N1CCN(C)C2(CCN(C)CC2)C1. The van der Waals surface area contributed by atoms with Gasteiger partial charge in [0.05, 0.1) is 12.5 Å². The molecular weight excluding hydrogens is 290 g/mol. The van der Waals surface area contributed by atoms with Gasteiger partial charge in [0.15, 0.2) is 0 Å². The highest BCUT2D eigenvalue weighted by atomic mass is 16.2. The normalized spacial score (nSPS) is 24.0. The number of piperidine rings is 1. The zero-order valence-electron chi connectivity index (χ0n) is 14.6. The first kappa shape index (κ1) is 16.5. The van der Waals surface area contributed by atoms with E-state index in [0.29, 0.717) is 6.54 Å². The van der Waals surface area contributed by atoms with Gasteiger partial charge in [0, 0.05) is 37.6 Å². The summed E-state index contributed by atoms with van der Waals surface area (Å²) < 4.78 is 1.85. The van der Waals surface area contributed by atoms with Crippen LogP contribution in [0.25, 0.3) is 0 Å². The highest BCUT2D eigenvalue weighted by Gasteiger charge is 2.43. The fraction of sp³-hybridized carbons (Fsp3) is 0.765. The van der Waals surface area contributed by atoms with Crippen LogP contribution < -0.4 is 0 Å². The van der Waals surface area contributed by atoms with Crippen LogP contribution in [-0.4, -0.2) is 82.7 Å². The maximum Gasteiger partial charge on any atom is 0.227 e. The van der Waals surface area contributed by atoms with Crippen LogP contribution in [0.15, 0.2) is 18.5 Å². The van der Waals surface area contributed by atoms with Crippen molar-refractivity contribution in [3.05, 3.63) is 18.5 Å². The van der Waals surface area contributed by atoms with Gasteiger partial charge in [0.25, 0.3) is 0 Å². The minimum absolute atomic E-state index is 0.0263. The van der Waals surface area contributed by atoms with E-state index >= 15 is 0 Å². The van der Waals surface area contributed by atoms with Crippen molar-refractivity contribution in [3.8, 4) is 0 Å². The van der Waals surface area contributed by atoms with Gasteiger partial charge in [0.2, 0.25) is 5.91 Å². The highest BCUT2D eigenvalue weighted by molar-refractivity contribution is 5.78. The van der Waals surface area contributed by atoms with Gasteiger partial charge >= 0.3 is 0 Å². The maximum atomic E-state index is 12.9. The average molecular weight is 319 g/mol. The zero-order chi connectivity index (χ0) is 16.4. The lowest BCUT2D eigenvalue weighted by Gasteiger charge is -2.53. The quantitative estimate of drug-likeness (QED) is 0.825. The van der Waals surface area contributed by atoms with Gasteiger partial charge in [-0.25, -0.2) is 0 Å². The zero-order valence-corrected chi connectivity index (χ0v) is 14.6. The summed E-state index contributed by atoms with van der Waals surface area (Å²) in [5.74, 6) is 0.244. The number of likely N-dealkylation sites (N-methyl/N-ethyl adjacent to an activating group) is 1. The first-order chi connectivity index (χ1) is 11.0. The monoisotopic (exact) mass is 319 g/mol. The summed E-state index contributed by atoms with van der Waals surface area (Å²) in [6.07, 6.45) is 5.99. The molecule has 0 bridgehead atoms. The molecule has 0 radical (unpaired) electrons. The summed E-state index contributed by atoms with van der Waals surface area (Å²) in [6.45, 7) is 7.61. The molecule has 3 heterocycles. The second kappa shape index (κ2) is 6.61. The van der Waals surface area contributed by atoms with Crippen LogP contribution in [0.1, 0.15) is 19.8 Å². The molecule has 2 saturated heterocycles. The predicted molar refractivity (Wildman–Crippen MR) is 90.1 cm³/mol. The van der Waals surface area contributed by atoms with Gasteiger partial charge in [-0.2, -0.15) is 5.10 Å². The molecular formula is C17H29N5O. The van der Waals surface area contributed by atoms with Gasteiger partial charge in [-0.3, -0.25) is 14.4 Å². The topological polar surface area (TPSA) is 44.6 Å². The summed E-state index contributed by atoms with van der Waals surface area (Å²) in [7, 11) is 4.41. The third kappa shape index (κ3) is 3.43. The van der Waals surface area contributed by atoms with E-state index in [-0.39, 0.29) is 17.4 Å². The number of piperazine rings is 1. The molecule has 23 heavy (non-hydrogen) atoms. The molecule has 0 aromatic carbocycles. The third-order valence-electron chi connectivity index (χ3n) is 5.67. The minimum Gasteiger partial charge on any atom is -0.339 e. The number of nitrogens with zero attached hydrogens (tertiary/aromatic N) is 5. The number of carbonyl (C=O) groups excluding carboxylic acids is 1. The lowest BCUT2D eigenvalue weighted by molar-refractivity contribution is -0.142. The Labute approximate surface area is 139 Å². The number of hydrogen-bond acceptors (Lipinski definition) is 4. The van der Waals surface area contributed by atoms with Crippen LogP contribution in [0.3, 0.4) is 0 Å². The molecule has 0 N–H and O–H groups in total. The fourth-order valence-electron chi connectivity index (χ4n) is 3.90. The van der Waals surface area contributed by atoms with Crippen molar-refractivity contribution < 1.29 is 4.79 Å². The van der Waals surface area contributed by atoms with E-state index in [1.54, 1.807) is 6.20 Å². The van der Waals surface area contributed by atoms with Gasteiger partial charge in [-0.05, 0) is 46.1 Å². The largest absolute Gasteiger partial charge is 0.339 e. The van der Waals surface area contributed by atoms with Gasteiger partial charge in [-0.1, -0.05) is 6.92 Å². The van der Waals surface area contributed by atoms with Crippen molar-refractivity contribution in [1.82, 2.24) is 24.5 Å². The molecule has 3 rings (SSSR count). The Bertz CT molecular complexity index is 521. The van der Waals surface area contributed by atoms with Crippen molar-refractivity contribution in [2.75, 3.05) is 46.8 Å². The molecule has 1 aromatic heterocycles. The van der Waals surface area contributed by atoms with Gasteiger partial charge in [-0.15, -0.1) is 0 Å². The Morgan fingerprint density at radius 1 is 1.22 bits per heavy atom. The Balaban J connectivity index is 1.64. The molecule has 0 unspecified atom stereocenters. The lowest BCUT2D eigenvalue weighted by Crippen LogP contribution is -2.65. The third-order valence-corrected chi connectivity index (χ3v) is 5.67. The van der Waals surface area contributed by atoms with Crippen molar-refractivity contribution in [2.24, 2.45) is 5.92 Å². The standard InChI is InChI=1S/C17H29N5O/c1-15(13-22-8-4-7-18-22)16(23)21-12-11-20(3)17(14-21)5-9-19(2)10-6-17/h4,7-8,15H,5-6,9-14H2,1-3H3/t15-/m0/s1. The first-order valence-corrected chi connectivity index (χ1v) is 8.66. The van der Waals surface area contributed by atoms with E-state index in [1.807, 2.05) is 23.9 Å². The van der Waals surface area contributed by atoms with Crippen LogP contribution in [0, 0.1) is 5.92 Å². The predicted octanol–water partition coefficient (Wildman–Crippen LogP) is 0.758. The van der Waals surface area contributed by atoms with Crippen LogP contribution >= 0.6 is 0 Å². The number of aromatic nitrogens is 2. The number of likely N-dealkylation sites (tertiary alicyclic amines) is 1. The molecule has 2 fully saturated rings. The van der Waals surface area contributed by atoms with Crippen molar-refractivity contribution in [3.63, 3.8) is 0 Å². The number of carbonyl (C=O) groups is 1. The molecule has 1 aromatic rings. The smallest absolute Gasteiger partial charge is 0.227 e. The van der Waals surface area contributed by atoms with E-state index in [0.717, 1.165) is 45.6 Å². The second-order valence-corrected chi connectivity index (χ2v) is 7.34. The molecule has 2 aliphatic heterocycles. The van der Waals surface area contributed by atoms with Gasteiger partial charge < -0.3 is 9.80 Å². The molecule has 0 aliphatic carbocycles. The van der Waals surface area contributed by atoms with Crippen LogP contribution in [-0.2, 0) is 11.3 Å². The minimum atomic E-state index is -0.0263. The number of rotatable bonds is 3. The Kier molecular flexibility index (Phi) is 4.73.